The van der Waals surface area contributed by atoms with Crippen LogP contribution in [0.2, 0.25) is 0 Å². The van der Waals surface area contributed by atoms with Crippen molar-refractivity contribution in [1.82, 2.24) is 4.90 Å². The molecule has 1 aromatic carbocycles. The molecule has 0 fully saturated rings. The number of rotatable bonds is 2. The van der Waals surface area contributed by atoms with Gasteiger partial charge in [-0.1, -0.05) is 24.3 Å². The molecular weight excluding hydrogens is 218 g/mol. The van der Waals surface area contributed by atoms with Crippen LogP contribution in [0.25, 0.3) is 0 Å². The molecule has 1 aliphatic heterocycles. The second kappa shape index (κ2) is 4.82. The number of fused-ring (bicyclic) bond motifs is 1. The van der Waals surface area contributed by atoms with Crippen LogP contribution in [0.3, 0.4) is 0 Å². The minimum absolute atomic E-state index is 0.248. The summed E-state index contributed by atoms with van der Waals surface area (Å²) >= 11 is 0. The van der Waals surface area contributed by atoms with Crippen LogP contribution in [-0.4, -0.2) is 28.4 Å². The molecule has 4 nitrogen and oxygen atoms in total. The summed E-state index contributed by atoms with van der Waals surface area (Å²) < 4.78 is 0. The number of carboxylic acids is 1. The number of carbonyl (C=O) groups excluding carboxylic acids is 1. The maximum Gasteiger partial charge on any atom is 0.328 e. The lowest BCUT2D eigenvalue weighted by Crippen LogP contribution is -2.34. The van der Waals surface area contributed by atoms with E-state index in [0.29, 0.717) is 13.1 Å². The van der Waals surface area contributed by atoms with Crippen molar-refractivity contribution in [2.45, 2.75) is 13.0 Å². The summed E-state index contributed by atoms with van der Waals surface area (Å²) in [5.74, 6) is -1.35. The molecule has 0 aliphatic carbocycles. The quantitative estimate of drug-likeness (QED) is 0.778. The van der Waals surface area contributed by atoms with Gasteiger partial charge in [-0.05, 0) is 17.5 Å². The minimum atomic E-state index is -1.10. The summed E-state index contributed by atoms with van der Waals surface area (Å²) in [7, 11) is 0. The molecule has 0 aromatic heterocycles. The molecule has 4 heteroatoms. The second-order valence-electron chi connectivity index (χ2n) is 3.95. The average Bonchev–Trinajstić information content (AvgIpc) is 2.35. The van der Waals surface area contributed by atoms with Crippen LogP contribution in [0, 0.1) is 0 Å². The van der Waals surface area contributed by atoms with Gasteiger partial charge < -0.3 is 10.0 Å². The van der Waals surface area contributed by atoms with Gasteiger partial charge in [0, 0.05) is 25.2 Å². The average molecular weight is 231 g/mol. The minimum Gasteiger partial charge on any atom is -0.478 e. The van der Waals surface area contributed by atoms with Crippen LogP contribution >= 0.6 is 0 Å². The first-order valence-electron chi connectivity index (χ1n) is 5.43. The fraction of sp³-hybridized carbons (Fsp3) is 0.231. The number of nitrogens with zero attached hydrogens (tertiary/aromatic N) is 1. The summed E-state index contributed by atoms with van der Waals surface area (Å²) in [4.78, 5) is 23.7. The van der Waals surface area contributed by atoms with E-state index in [-0.39, 0.29) is 5.91 Å². The van der Waals surface area contributed by atoms with E-state index in [1.807, 2.05) is 18.2 Å². The summed E-state index contributed by atoms with van der Waals surface area (Å²) in [5.41, 5.74) is 2.40. The lowest BCUT2D eigenvalue weighted by atomic mass is 10.00. The first kappa shape index (κ1) is 11.4. The number of carbonyl (C=O) groups is 2. The molecule has 0 atom stereocenters. The van der Waals surface area contributed by atoms with Crippen molar-refractivity contribution in [3.63, 3.8) is 0 Å². The van der Waals surface area contributed by atoms with Crippen molar-refractivity contribution in [1.29, 1.82) is 0 Å². The number of amides is 1. The Bertz CT molecular complexity index is 479. The Balaban J connectivity index is 2.07. The number of hydrogen-bond donors (Lipinski definition) is 1. The molecule has 1 heterocycles. The summed E-state index contributed by atoms with van der Waals surface area (Å²) in [6.07, 6.45) is 2.81. The third-order valence-corrected chi connectivity index (χ3v) is 2.81. The summed E-state index contributed by atoms with van der Waals surface area (Å²) in [6.45, 7) is 1.19. The molecular formula is C13H13NO3. The van der Waals surface area contributed by atoms with Crippen LogP contribution in [0.15, 0.2) is 36.4 Å². The molecule has 88 valence electrons. The Morgan fingerprint density at radius 1 is 1.18 bits per heavy atom. The maximum atomic E-state index is 11.7. The van der Waals surface area contributed by atoms with Crippen molar-refractivity contribution in [2.75, 3.05) is 6.54 Å². The predicted molar refractivity (Wildman–Crippen MR) is 62.3 cm³/mol. The van der Waals surface area contributed by atoms with Crippen LogP contribution in [-0.2, 0) is 22.6 Å². The van der Waals surface area contributed by atoms with Gasteiger partial charge in [-0.2, -0.15) is 0 Å². The van der Waals surface area contributed by atoms with E-state index < -0.39 is 5.97 Å². The van der Waals surface area contributed by atoms with Crippen LogP contribution in [0.4, 0.5) is 0 Å². The van der Waals surface area contributed by atoms with E-state index in [4.69, 9.17) is 5.11 Å². The van der Waals surface area contributed by atoms with Gasteiger partial charge in [-0.3, -0.25) is 4.79 Å². The van der Waals surface area contributed by atoms with E-state index in [1.54, 1.807) is 4.90 Å². The van der Waals surface area contributed by atoms with Crippen LogP contribution in [0.1, 0.15) is 11.1 Å². The normalized spacial score (nSPS) is 14.7. The molecule has 0 unspecified atom stereocenters. The molecule has 2 rings (SSSR count). The molecule has 1 N–H and O–H groups in total. The molecule has 0 spiro atoms. The van der Waals surface area contributed by atoms with E-state index in [0.717, 1.165) is 24.1 Å². The zero-order valence-corrected chi connectivity index (χ0v) is 9.30. The number of carboxylic acid groups (broad SMARTS) is 1. The Morgan fingerprint density at radius 2 is 1.88 bits per heavy atom. The van der Waals surface area contributed by atoms with Crippen molar-refractivity contribution in [2.24, 2.45) is 0 Å². The van der Waals surface area contributed by atoms with Crippen molar-refractivity contribution in [3.8, 4) is 0 Å². The Hall–Kier alpha value is -2.10. The molecule has 1 aliphatic rings. The van der Waals surface area contributed by atoms with Crippen molar-refractivity contribution < 1.29 is 14.7 Å². The van der Waals surface area contributed by atoms with Gasteiger partial charge in [0.25, 0.3) is 0 Å². The van der Waals surface area contributed by atoms with E-state index >= 15 is 0 Å². The maximum absolute atomic E-state index is 11.7. The third-order valence-electron chi connectivity index (χ3n) is 2.81. The van der Waals surface area contributed by atoms with Crippen LogP contribution in [0.5, 0.6) is 0 Å². The van der Waals surface area contributed by atoms with Crippen molar-refractivity contribution in [3.05, 3.63) is 47.5 Å². The number of aliphatic carboxylic acids is 1. The summed E-state index contributed by atoms with van der Waals surface area (Å²) in [6, 6.07) is 7.99. The first-order chi connectivity index (χ1) is 8.16. The smallest absolute Gasteiger partial charge is 0.328 e. The topological polar surface area (TPSA) is 57.6 Å². The number of benzene rings is 1. The third kappa shape index (κ3) is 2.72. The zero-order chi connectivity index (χ0) is 12.3. The first-order valence-corrected chi connectivity index (χ1v) is 5.43. The van der Waals surface area contributed by atoms with Gasteiger partial charge in [-0.15, -0.1) is 0 Å². The Labute approximate surface area is 99.2 Å². The molecule has 0 radical (unpaired) electrons. The fourth-order valence-electron chi connectivity index (χ4n) is 1.93. The molecule has 1 aromatic rings. The highest BCUT2D eigenvalue weighted by molar-refractivity contribution is 5.94. The van der Waals surface area contributed by atoms with Crippen molar-refractivity contribution >= 4 is 11.9 Å². The largest absolute Gasteiger partial charge is 0.478 e. The standard InChI is InChI=1S/C13H13NO3/c15-12(5-6-13(16)17)14-8-7-10-3-1-2-4-11(10)9-14/h1-6H,7-9H2,(H,16,17). The van der Waals surface area contributed by atoms with Gasteiger partial charge in [0.2, 0.25) is 5.91 Å². The van der Waals surface area contributed by atoms with E-state index in [9.17, 15) is 9.59 Å². The molecule has 1 amide bonds. The monoisotopic (exact) mass is 231 g/mol. The Morgan fingerprint density at radius 3 is 2.59 bits per heavy atom. The lowest BCUT2D eigenvalue weighted by Gasteiger charge is -2.27. The highest BCUT2D eigenvalue weighted by Gasteiger charge is 2.18. The highest BCUT2D eigenvalue weighted by atomic mass is 16.4. The van der Waals surface area contributed by atoms with Gasteiger partial charge in [0.1, 0.15) is 0 Å². The molecule has 0 saturated heterocycles. The van der Waals surface area contributed by atoms with E-state index in [1.165, 1.54) is 5.56 Å². The SMILES string of the molecule is O=C(O)C=CC(=O)N1CCc2ccccc2C1. The molecule has 0 saturated carbocycles. The van der Waals surface area contributed by atoms with Crippen LogP contribution < -0.4 is 0 Å². The highest BCUT2D eigenvalue weighted by Crippen LogP contribution is 2.18. The zero-order valence-electron chi connectivity index (χ0n) is 9.30. The van der Waals surface area contributed by atoms with Gasteiger partial charge in [0.15, 0.2) is 0 Å². The number of hydrogen-bond acceptors (Lipinski definition) is 2. The Kier molecular flexibility index (Phi) is 3.23. The molecule has 17 heavy (non-hydrogen) atoms. The van der Waals surface area contributed by atoms with Gasteiger partial charge >= 0.3 is 5.97 Å². The predicted octanol–water partition coefficient (Wildman–Crippen LogP) is 1.21. The van der Waals surface area contributed by atoms with Gasteiger partial charge in [-0.25, -0.2) is 4.79 Å². The second-order valence-corrected chi connectivity index (χ2v) is 3.95. The summed E-state index contributed by atoms with van der Waals surface area (Å²) in [5, 5.41) is 8.46. The molecule has 0 bridgehead atoms. The van der Waals surface area contributed by atoms with E-state index in [2.05, 4.69) is 6.07 Å². The lowest BCUT2D eigenvalue weighted by molar-refractivity contribution is -0.132. The van der Waals surface area contributed by atoms with Gasteiger partial charge in [0.05, 0.1) is 0 Å². The fourth-order valence-corrected chi connectivity index (χ4v) is 1.93.